The molecule has 2 amide bonds. The number of halogens is 2. The molecule has 2 aromatic carbocycles. The molecule has 0 N–H and O–H groups in total. The molecule has 1 saturated heterocycles. The van der Waals surface area contributed by atoms with Crippen LogP contribution in [0, 0.1) is 11.6 Å². The zero-order valence-electron chi connectivity index (χ0n) is 13.4. The van der Waals surface area contributed by atoms with E-state index in [9.17, 15) is 18.4 Å². The van der Waals surface area contributed by atoms with Crippen LogP contribution in [-0.2, 0) is 22.6 Å². The van der Waals surface area contributed by atoms with E-state index in [-0.39, 0.29) is 23.9 Å². The Bertz CT molecular complexity index is 868. The maximum atomic E-state index is 13.5. The molecule has 2 heterocycles. The first-order valence-corrected chi connectivity index (χ1v) is 8.17. The molecule has 128 valence electrons. The number of fused-ring (bicyclic) bond motifs is 1. The highest BCUT2D eigenvalue weighted by Crippen LogP contribution is 2.29. The lowest BCUT2D eigenvalue weighted by molar-refractivity contribution is -0.123. The number of hydrogen-bond donors (Lipinski definition) is 0. The van der Waals surface area contributed by atoms with Crippen molar-refractivity contribution in [2.24, 2.45) is 0 Å². The lowest BCUT2D eigenvalue weighted by Crippen LogP contribution is -2.44. The summed E-state index contributed by atoms with van der Waals surface area (Å²) in [4.78, 5) is 28.1. The average molecular weight is 342 g/mol. The quantitative estimate of drug-likeness (QED) is 0.788. The molecule has 0 saturated carbocycles. The third-order valence-electron chi connectivity index (χ3n) is 4.89. The molecule has 2 aliphatic heterocycles. The van der Waals surface area contributed by atoms with Crippen LogP contribution in [0.2, 0.25) is 0 Å². The maximum Gasteiger partial charge on any atom is 0.251 e. The Labute approximate surface area is 143 Å². The van der Waals surface area contributed by atoms with Crippen LogP contribution in [0.25, 0.3) is 0 Å². The molecule has 0 bridgehead atoms. The number of carbonyl (C=O) groups excluding carboxylic acids is 2. The van der Waals surface area contributed by atoms with E-state index in [0.29, 0.717) is 13.1 Å². The first kappa shape index (κ1) is 15.9. The minimum atomic E-state index is -1.08. The highest BCUT2D eigenvalue weighted by molar-refractivity contribution is 6.22. The highest BCUT2D eigenvalue weighted by Gasteiger charge is 2.43. The Morgan fingerprint density at radius 2 is 1.72 bits per heavy atom. The van der Waals surface area contributed by atoms with Crippen molar-refractivity contribution in [2.75, 3.05) is 11.4 Å². The van der Waals surface area contributed by atoms with Crippen molar-refractivity contribution in [1.29, 1.82) is 0 Å². The van der Waals surface area contributed by atoms with Crippen LogP contribution < -0.4 is 4.90 Å². The maximum absolute atomic E-state index is 13.5. The second-order valence-electron chi connectivity index (χ2n) is 6.37. The molecule has 25 heavy (non-hydrogen) atoms. The summed E-state index contributed by atoms with van der Waals surface area (Å²) in [7, 11) is 0. The fraction of sp³-hybridized carbons (Fsp3) is 0.263. The summed E-state index contributed by atoms with van der Waals surface area (Å²) in [5, 5.41) is 0. The van der Waals surface area contributed by atoms with Crippen LogP contribution in [0.5, 0.6) is 0 Å². The largest absolute Gasteiger partial charge is 0.287 e. The number of hydrogen-bond acceptors (Lipinski definition) is 3. The fourth-order valence-electron chi connectivity index (χ4n) is 3.58. The second-order valence-corrected chi connectivity index (χ2v) is 6.37. The van der Waals surface area contributed by atoms with Gasteiger partial charge in [0.2, 0.25) is 5.91 Å². The van der Waals surface area contributed by atoms with Crippen molar-refractivity contribution in [2.45, 2.75) is 25.4 Å². The third kappa shape index (κ3) is 2.72. The van der Waals surface area contributed by atoms with Gasteiger partial charge >= 0.3 is 0 Å². The Morgan fingerprint density at radius 1 is 0.960 bits per heavy atom. The fourth-order valence-corrected chi connectivity index (χ4v) is 3.58. The lowest BCUT2D eigenvalue weighted by atomic mass is 9.98. The number of nitrogens with zero attached hydrogens (tertiary/aromatic N) is 2. The van der Waals surface area contributed by atoms with Gasteiger partial charge in [0.25, 0.3) is 5.91 Å². The number of amides is 2. The van der Waals surface area contributed by atoms with Gasteiger partial charge in [-0.15, -0.1) is 0 Å². The van der Waals surface area contributed by atoms with Crippen LogP contribution in [0.3, 0.4) is 0 Å². The number of imide groups is 1. The lowest BCUT2D eigenvalue weighted by Gasteiger charge is -2.32. The number of anilines is 1. The molecule has 0 aromatic heterocycles. The molecule has 0 radical (unpaired) electrons. The van der Waals surface area contributed by atoms with E-state index in [2.05, 4.69) is 6.07 Å². The molecule has 4 rings (SSSR count). The van der Waals surface area contributed by atoms with E-state index in [0.717, 1.165) is 29.0 Å². The average Bonchev–Trinajstić information content (AvgIpc) is 2.91. The molecule has 1 atom stereocenters. The first-order valence-electron chi connectivity index (χ1n) is 8.17. The van der Waals surface area contributed by atoms with Crippen molar-refractivity contribution >= 4 is 17.5 Å². The number of benzene rings is 2. The molecule has 2 aromatic rings. The van der Waals surface area contributed by atoms with Crippen LogP contribution >= 0.6 is 0 Å². The van der Waals surface area contributed by atoms with Crippen molar-refractivity contribution in [3.63, 3.8) is 0 Å². The summed E-state index contributed by atoms with van der Waals surface area (Å²) in [5.41, 5.74) is 2.49. The van der Waals surface area contributed by atoms with Crippen LogP contribution in [0.1, 0.15) is 17.5 Å². The monoisotopic (exact) mass is 342 g/mol. The minimum Gasteiger partial charge on any atom is -0.287 e. The van der Waals surface area contributed by atoms with Crippen LogP contribution in [0.4, 0.5) is 14.5 Å². The van der Waals surface area contributed by atoms with E-state index in [1.807, 2.05) is 23.1 Å². The molecular weight excluding hydrogens is 326 g/mol. The van der Waals surface area contributed by atoms with Crippen molar-refractivity contribution < 1.29 is 18.4 Å². The van der Waals surface area contributed by atoms with Gasteiger partial charge in [-0.1, -0.05) is 24.3 Å². The van der Waals surface area contributed by atoms with Crippen LogP contribution in [-0.4, -0.2) is 29.3 Å². The minimum absolute atomic E-state index is 0.0556. The normalized spacial score (nSPS) is 20.9. The van der Waals surface area contributed by atoms with Crippen LogP contribution in [0.15, 0.2) is 42.5 Å². The van der Waals surface area contributed by atoms with Crippen molar-refractivity contribution in [3.05, 3.63) is 65.2 Å². The molecule has 4 nitrogen and oxygen atoms in total. The van der Waals surface area contributed by atoms with Gasteiger partial charge < -0.3 is 0 Å². The number of carbonyl (C=O) groups is 2. The molecule has 1 fully saturated rings. The molecule has 0 aliphatic carbocycles. The molecule has 0 unspecified atom stereocenters. The summed E-state index contributed by atoms with van der Waals surface area (Å²) in [6.07, 6.45) is 0.874. The Kier molecular flexibility index (Phi) is 3.84. The molecule has 0 spiro atoms. The summed E-state index contributed by atoms with van der Waals surface area (Å²) in [6, 6.07) is 10.5. The Hall–Kier alpha value is -2.60. The number of rotatable bonds is 2. The summed E-state index contributed by atoms with van der Waals surface area (Å²) in [5.74, 6) is -2.85. The van der Waals surface area contributed by atoms with E-state index >= 15 is 0 Å². The van der Waals surface area contributed by atoms with E-state index in [4.69, 9.17) is 0 Å². The van der Waals surface area contributed by atoms with Gasteiger partial charge in [0.1, 0.15) is 0 Å². The van der Waals surface area contributed by atoms with E-state index in [1.165, 1.54) is 11.6 Å². The molecule has 2 aliphatic rings. The van der Waals surface area contributed by atoms with Crippen molar-refractivity contribution in [3.8, 4) is 0 Å². The van der Waals surface area contributed by atoms with Gasteiger partial charge in [-0.2, -0.15) is 0 Å². The predicted molar refractivity (Wildman–Crippen MR) is 87.8 cm³/mol. The van der Waals surface area contributed by atoms with Gasteiger partial charge in [-0.25, -0.2) is 13.7 Å². The van der Waals surface area contributed by atoms with Gasteiger partial charge in [0.15, 0.2) is 11.6 Å². The zero-order chi connectivity index (χ0) is 17.6. The summed E-state index contributed by atoms with van der Waals surface area (Å²) >= 11 is 0. The topological polar surface area (TPSA) is 40.6 Å². The molecular formula is C19H16F2N2O2. The van der Waals surface area contributed by atoms with E-state index < -0.39 is 17.7 Å². The summed E-state index contributed by atoms with van der Waals surface area (Å²) in [6.45, 7) is 1.29. The standard InChI is InChI=1S/C19H16F2N2O2/c20-15-6-5-14(9-16(15)21)23-18(24)10-17(19(23)25)22-8-7-12-3-1-2-4-13(12)11-22/h1-6,9,17H,7-8,10-11H2/t17-/m0/s1. The van der Waals surface area contributed by atoms with Gasteiger partial charge in [-0.05, 0) is 29.7 Å². The predicted octanol–water partition coefficient (Wildman–Crippen LogP) is 2.66. The van der Waals surface area contributed by atoms with E-state index in [1.54, 1.807) is 0 Å². The van der Waals surface area contributed by atoms with Gasteiger partial charge in [0, 0.05) is 19.2 Å². The van der Waals surface area contributed by atoms with Crippen molar-refractivity contribution in [1.82, 2.24) is 4.90 Å². The zero-order valence-corrected chi connectivity index (χ0v) is 13.4. The first-order chi connectivity index (χ1) is 12.0. The third-order valence-corrected chi connectivity index (χ3v) is 4.89. The van der Waals surface area contributed by atoms with Gasteiger partial charge in [-0.3, -0.25) is 14.5 Å². The Balaban J connectivity index is 1.58. The Morgan fingerprint density at radius 3 is 2.48 bits per heavy atom. The smallest absolute Gasteiger partial charge is 0.251 e. The molecule has 6 heteroatoms. The summed E-state index contributed by atoms with van der Waals surface area (Å²) < 4.78 is 26.6. The SMILES string of the molecule is O=C1C[C@H](N2CCc3ccccc3C2)C(=O)N1c1ccc(F)c(F)c1. The van der Waals surface area contributed by atoms with Gasteiger partial charge in [0.05, 0.1) is 18.2 Å². The second kappa shape index (κ2) is 6.04. The highest BCUT2D eigenvalue weighted by atomic mass is 19.2.